The molecule has 3 nitrogen and oxygen atoms in total. The van der Waals surface area contributed by atoms with E-state index in [4.69, 9.17) is 0 Å². The van der Waals surface area contributed by atoms with Crippen molar-refractivity contribution in [3.63, 3.8) is 0 Å². The van der Waals surface area contributed by atoms with Crippen LogP contribution in [0.2, 0.25) is 0 Å². The van der Waals surface area contributed by atoms with Crippen LogP contribution in [0, 0.1) is 6.92 Å². The average molecular weight is 226 g/mol. The third-order valence-corrected chi connectivity index (χ3v) is 2.70. The number of carbonyl (C=O) groups excluding carboxylic acids is 1. The lowest BCUT2D eigenvalue weighted by Gasteiger charge is -1.95. The first-order valence-corrected chi connectivity index (χ1v) is 6.27. The third-order valence-electron chi connectivity index (χ3n) is 1.59. The van der Waals surface area contributed by atoms with Crippen molar-refractivity contribution in [1.29, 1.82) is 0 Å². The second-order valence-corrected chi connectivity index (χ2v) is 3.91. The molecule has 0 saturated carbocycles. The Morgan fingerprint density at radius 1 is 1.33 bits per heavy atom. The van der Waals surface area contributed by atoms with Crippen molar-refractivity contribution in [2.45, 2.75) is 41.0 Å². The maximum absolute atomic E-state index is 10.9. The minimum Gasteiger partial charge on any atom is -0.324 e. The van der Waals surface area contributed by atoms with E-state index in [0.29, 0.717) is 6.42 Å². The van der Waals surface area contributed by atoms with Crippen LogP contribution in [0.15, 0.2) is 6.20 Å². The van der Waals surface area contributed by atoms with Gasteiger partial charge < -0.3 is 5.32 Å². The van der Waals surface area contributed by atoms with Gasteiger partial charge >= 0.3 is 0 Å². The lowest BCUT2D eigenvalue weighted by Crippen LogP contribution is -2.03. The SMILES string of the molecule is CC.CC.Cc1ncc2c(p1)CC(=O)N2. The summed E-state index contributed by atoms with van der Waals surface area (Å²) in [6, 6.07) is 0. The largest absolute Gasteiger partial charge is 0.324 e. The van der Waals surface area contributed by atoms with Crippen LogP contribution in [0.5, 0.6) is 0 Å². The Bertz CT molecular complexity index is 326. The fraction of sp³-hybridized carbons (Fsp3) is 0.545. The number of hydrogen-bond acceptors (Lipinski definition) is 2. The van der Waals surface area contributed by atoms with E-state index in [0.717, 1.165) is 24.6 Å². The van der Waals surface area contributed by atoms with E-state index >= 15 is 0 Å². The van der Waals surface area contributed by atoms with Gasteiger partial charge in [0, 0.05) is 5.30 Å². The van der Waals surface area contributed by atoms with Gasteiger partial charge in [0.15, 0.2) is 0 Å². The molecule has 0 bridgehead atoms. The van der Waals surface area contributed by atoms with Gasteiger partial charge in [0.2, 0.25) is 5.91 Å². The zero-order valence-electron chi connectivity index (χ0n) is 10.1. The minimum atomic E-state index is 0.0867. The lowest BCUT2D eigenvalue weighted by molar-refractivity contribution is -0.115. The fourth-order valence-electron chi connectivity index (χ4n) is 1.10. The molecule has 1 aromatic rings. The van der Waals surface area contributed by atoms with Crippen LogP contribution in [0.25, 0.3) is 0 Å². The Hall–Kier alpha value is -0.950. The Labute approximate surface area is 93.4 Å². The second kappa shape index (κ2) is 7.36. The number of aromatic nitrogens is 1. The number of fused-ring (bicyclic) bond motifs is 1. The van der Waals surface area contributed by atoms with Crippen LogP contribution < -0.4 is 5.32 Å². The smallest absolute Gasteiger partial charge is 0.229 e. The van der Waals surface area contributed by atoms with Crippen LogP contribution in [0.3, 0.4) is 0 Å². The van der Waals surface area contributed by atoms with Gasteiger partial charge in [-0.3, -0.25) is 9.78 Å². The standard InChI is InChI=1S/C7H7N2OP.2C2H6/c1-4-8-3-5-6(11-4)2-7(10)9-5;2*1-2/h3H,2H2,1H3,(H,9,10);2*1-2H3. The summed E-state index contributed by atoms with van der Waals surface area (Å²) in [7, 11) is 1.09. The maximum Gasteiger partial charge on any atom is 0.229 e. The minimum absolute atomic E-state index is 0.0867. The molecule has 0 aliphatic carbocycles. The molecule has 0 radical (unpaired) electrons. The van der Waals surface area contributed by atoms with Crippen molar-refractivity contribution >= 4 is 19.8 Å². The van der Waals surface area contributed by atoms with E-state index in [2.05, 4.69) is 10.3 Å². The molecule has 84 valence electrons. The molecular formula is C11H19N2OP. The molecule has 1 aliphatic heterocycles. The van der Waals surface area contributed by atoms with Crippen molar-refractivity contribution in [1.82, 2.24) is 4.98 Å². The number of nitrogens with zero attached hydrogens (tertiary/aromatic N) is 1. The van der Waals surface area contributed by atoms with Crippen molar-refractivity contribution in [2.75, 3.05) is 5.32 Å². The van der Waals surface area contributed by atoms with Crippen LogP contribution in [-0.4, -0.2) is 10.9 Å². The summed E-state index contributed by atoms with van der Waals surface area (Å²) in [5, 5.41) is 3.90. The van der Waals surface area contributed by atoms with E-state index in [-0.39, 0.29) is 5.91 Å². The predicted molar refractivity (Wildman–Crippen MR) is 66.5 cm³/mol. The molecule has 1 aromatic heterocycles. The molecule has 4 heteroatoms. The van der Waals surface area contributed by atoms with E-state index in [9.17, 15) is 4.79 Å². The van der Waals surface area contributed by atoms with Gasteiger partial charge in [-0.15, -0.1) is 0 Å². The normalized spacial score (nSPS) is 11.9. The van der Waals surface area contributed by atoms with Gasteiger partial charge in [0.1, 0.15) is 0 Å². The third kappa shape index (κ3) is 3.96. The van der Waals surface area contributed by atoms with Crippen LogP contribution in [-0.2, 0) is 11.2 Å². The molecular weight excluding hydrogens is 207 g/mol. The van der Waals surface area contributed by atoms with Crippen molar-refractivity contribution in [3.05, 3.63) is 16.9 Å². The van der Waals surface area contributed by atoms with Gasteiger partial charge in [-0.05, 0) is 15.1 Å². The number of rotatable bonds is 0. The summed E-state index contributed by atoms with van der Waals surface area (Å²) in [4.78, 5) is 15.0. The van der Waals surface area contributed by atoms with Gasteiger partial charge in [0.05, 0.1) is 23.7 Å². The quantitative estimate of drug-likeness (QED) is 0.735. The first-order chi connectivity index (χ1) is 7.25. The van der Waals surface area contributed by atoms with Crippen molar-refractivity contribution in [2.24, 2.45) is 0 Å². The molecule has 2 heterocycles. The summed E-state index contributed by atoms with van der Waals surface area (Å²) in [6.07, 6.45) is 2.27. The van der Waals surface area contributed by atoms with Gasteiger partial charge in [0.25, 0.3) is 0 Å². The van der Waals surface area contributed by atoms with Crippen LogP contribution in [0.1, 0.15) is 38.4 Å². The highest BCUT2D eigenvalue weighted by Gasteiger charge is 2.17. The van der Waals surface area contributed by atoms with Crippen molar-refractivity contribution < 1.29 is 4.79 Å². The topological polar surface area (TPSA) is 42.0 Å². The molecule has 0 atom stereocenters. The van der Waals surface area contributed by atoms with Gasteiger partial charge in [-0.1, -0.05) is 27.7 Å². The number of nitrogens with one attached hydrogen (secondary N) is 1. The molecule has 15 heavy (non-hydrogen) atoms. The summed E-state index contributed by atoms with van der Waals surface area (Å²) in [5.74, 6) is 0.0867. The van der Waals surface area contributed by atoms with Crippen LogP contribution >= 0.6 is 8.19 Å². The number of anilines is 1. The highest BCUT2D eigenvalue weighted by atomic mass is 31.0. The van der Waals surface area contributed by atoms with Gasteiger partial charge in [-0.25, -0.2) is 0 Å². The van der Waals surface area contributed by atoms with E-state index in [1.54, 1.807) is 6.20 Å². The lowest BCUT2D eigenvalue weighted by atomic mass is 10.4. The zero-order valence-corrected chi connectivity index (χ0v) is 11.0. The van der Waals surface area contributed by atoms with E-state index < -0.39 is 0 Å². The number of hydrogen-bond donors (Lipinski definition) is 1. The van der Waals surface area contributed by atoms with Crippen molar-refractivity contribution in [3.8, 4) is 0 Å². The summed E-state index contributed by atoms with van der Waals surface area (Å²) in [5.41, 5.74) is 1.96. The molecule has 0 saturated heterocycles. The summed E-state index contributed by atoms with van der Waals surface area (Å²) >= 11 is 0. The van der Waals surface area contributed by atoms with E-state index in [1.807, 2.05) is 34.6 Å². The monoisotopic (exact) mass is 226 g/mol. The number of aryl methyl sites for hydroxylation is 1. The van der Waals surface area contributed by atoms with Gasteiger partial charge in [-0.2, -0.15) is 0 Å². The summed E-state index contributed by atoms with van der Waals surface area (Å²) < 4.78 is 0. The first-order valence-electron chi connectivity index (χ1n) is 5.38. The number of carbonyl (C=O) groups is 1. The Kier molecular flexibility index (Phi) is 6.89. The molecule has 1 amide bonds. The molecule has 2 rings (SSSR count). The average Bonchev–Trinajstić information content (AvgIpc) is 2.63. The molecule has 0 unspecified atom stereocenters. The Balaban J connectivity index is 0.000000442. The number of amides is 1. The molecule has 0 aromatic carbocycles. The maximum atomic E-state index is 10.9. The molecule has 1 aliphatic rings. The van der Waals surface area contributed by atoms with E-state index in [1.165, 1.54) is 0 Å². The highest BCUT2D eigenvalue weighted by molar-refractivity contribution is 7.32. The fourth-order valence-corrected chi connectivity index (χ4v) is 2.07. The first kappa shape index (κ1) is 14.1. The highest BCUT2D eigenvalue weighted by Crippen LogP contribution is 2.30. The Morgan fingerprint density at radius 3 is 2.53 bits per heavy atom. The zero-order chi connectivity index (χ0) is 11.8. The second-order valence-electron chi connectivity index (χ2n) is 2.50. The summed E-state index contributed by atoms with van der Waals surface area (Å²) in [6.45, 7) is 9.96. The van der Waals surface area contributed by atoms with Crippen LogP contribution in [0.4, 0.5) is 5.69 Å². The Morgan fingerprint density at radius 2 is 1.93 bits per heavy atom. The molecule has 0 spiro atoms. The predicted octanol–water partition coefficient (Wildman–Crippen LogP) is 3.52. The molecule has 1 N–H and O–H groups in total. The molecule has 0 fully saturated rings.